The fraction of sp³-hybridized carbons (Fsp3) is 0.556. The number of rotatable bonds is 66. The lowest BCUT2D eigenvalue weighted by Gasteiger charge is -2.28. The maximum absolute atomic E-state index is 14.5. The molecule has 140 heavy (non-hydrogen) atoms. The summed E-state index contributed by atoms with van der Waals surface area (Å²) in [5.74, 6) is -29.7. The van der Waals surface area contributed by atoms with Gasteiger partial charge in [0.25, 0.3) is 0 Å². The molecular formula is C81H127N27O30S2. The molecule has 0 aliphatic rings. The number of phenols is 1. The van der Waals surface area contributed by atoms with Crippen LogP contribution in [0.25, 0.3) is 0 Å². The van der Waals surface area contributed by atoms with Gasteiger partial charge in [0, 0.05) is 43.9 Å². The van der Waals surface area contributed by atoms with E-state index in [1.807, 2.05) is 16.0 Å². The molecule has 0 radical (unpaired) electrons. The average molecular weight is 2020 g/mol. The number of hydrogen-bond donors (Lipinski definition) is 37. The van der Waals surface area contributed by atoms with Gasteiger partial charge in [0.1, 0.15) is 96.4 Å². The number of nitrogens with two attached hydrogens (primary N) is 5. The first-order chi connectivity index (χ1) is 65.9. The van der Waals surface area contributed by atoms with Crippen molar-refractivity contribution in [3.63, 3.8) is 0 Å². The Hall–Kier alpha value is -14.4. The van der Waals surface area contributed by atoms with Crippen molar-refractivity contribution in [1.82, 2.24) is 106 Å². The van der Waals surface area contributed by atoms with Crippen molar-refractivity contribution < 1.29 is 146 Å². The van der Waals surface area contributed by atoms with Gasteiger partial charge in [-0.2, -0.15) is 25.3 Å². The Labute approximate surface area is 811 Å². The lowest BCUT2D eigenvalue weighted by Crippen LogP contribution is -2.62. The number of hydrogen-bond acceptors (Lipinski definition) is 33. The van der Waals surface area contributed by atoms with E-state index in [1.54, 1.807) is 19.9 Å². The molecule has 40 N–H and O–H groups in total. The minimum atomic E-state index is -2.18. The Balaban J connectivity index is 2.44. The van der Waals surface area contributed by atoms with Crippen LogP contribution in [-0.2, 0) is 118 Å². The van der Waals surface area contributed by atoms with E-state index in [0.717, 1.165) is 0 Å². The number of aliphatic hydroxyl groups is 5. The quantitative estimate of drug-likeness (QED) is 0.0127. The number of carboxylic acids is 2. The smallest absolute Gasteiger partial charge is 0.326 e. The van der Waals surface area contributed by atoms with E-state index in [9.17, 15) is 146 Å². The van der Waals surface area contributed by atoms with Crippen molar-refractivity contribution in [2.45, 2.75) is 195 Å². The summed E-state index contributed by atoms with van der Waals surface area (Å²) in [5, 5.41) is 141. The fourth-order valence-electron chi connectivity index (χ4n) is 12.4. The van der Waals surface area contributed by atoms with Crippen molar-refractivity contribution in [3.05, 3.63) is 65.7 Å². The molecule has 0 bridgehead atoms. The molecule has 0 fully saturated rings. The molecule has 0 saturated heterocycles. The molecule has 0 unspecified atom stereocenters. The van der Waals surface area contributed by atoms with Crippen molar-refractivity contribution in [2.24, 2.45) is 40.5 Å². The first-order valence-electron chi connectivity index (χ1n) is 43.3. The van der Waals surface area contributed by atoms with E-state index < -0.39 is 342 Å². The lowest BCUT2D eigenvalue weighted by atomic mass is 10.0. The molecule has 0 aliphatic carbocycles. The summed E-state index contributed by atoms with van der Waals surface area (Å²) in [4.78, 5) is 295. The topological polar surface area (TPSA) is 956 Å². The van der Waals surface area contributed by atoms with Crippen LogP contribution in [-0.4, -0.2) is 357 Å². The zero-order valence-corrected chi connectivity index (χ0v) is 78.5. The Morgan fingerprint density at radius 2 is 0.643 bits per heavy atom. The summed E-state index contributed by atoms with van der Waals surface area (Å²) < 4.78 is 0. The number of phenolic OH excluding ortho intramolecular Hbond substituents is 1. The van der Waals surface area contributed by atoms with Crippen LogP contribution < -0.4 is 135 Å². The average Bonchev–Trinajstić information content (AvgIpc) is 0.848. The highest BCUT2D eigenvalue weighted by atomic mass is 32.1. The largest absolute Gasteiger partial charge is 0.508 e. The molecular weight excluding hydrogens is 1900 g/mol. The predicted molar refractivity (Wildman–Crippen MR) is 496 cm³/mol. The van der Waals surface area contributed by atoms with Crippen LogP contribution in [0, 0.1) is 22.7 Å². The van der Waals surface area contributed by atoms with Crippen LogP contribution >= 0.6 is 25.3 Å². The van der Waals surface area contributed by atoms with Gasteiger partial charge in [-0.15, -0.1) is 0 Å². The second-order valence-electron chi connectivity index (χ2n) is 32.1. The molecule has 0 aromatic heterocycles. The molecule has 0 saturated carbocycles. The van der Waals surface area contributed by atoms with Crippen molar-refractivity contribution in [3.8, 4) is 5.75 Å². The summed E-state index contributed by atoms with van der Waals surface area (Å²) in [6, 6.07) is -16.4. The van der Waals surface area contributed by atoms with Crippen molar-refractivity contribution in [2.75, 3.05) is 77.3 Å². The van der Waals surface area contributed by atoms with Gasteiger partial charge >= 0.3 is 11.9 Å². The van der Waals surface area contributed by atoms with Gasteiger partial charge in [-0.05, 0) is 73.6 Å². The Morgan fingerprint density at radius 1 is 0.343 bits per heavy atom. The Kier molecular flexibility index (Phi) is 55.5. The number of amides is 20. The molecule has 59 heteroatoms. The Bertz CT molecular complexity index is 4630. The van der Waals surface area contributed by atoms with E-state index in [1.165, 1.54) is 62.4 Å². The van der Waals surface area contributed by atoms with Gasteiger partial charge in [-0.3, -0.25) is 112 Å². The molecule has 778 valence electrons. The van der Waals surface area contributed by atoms with Crippen LogP contribution in [0.4, 0.5) is 0 Å². The van der Waals surface area contributed by atoms with Crippen LogP contribution in [0.15, 0.2) is 54.6 Å². The summed E-state index contributed by atoms with van der Waals surface area (Å²) in [6.45, 7) is -2.54. The van der Waals surface area contributed by atoms with Crippen molar-refractivity contribution in [1.29, 1.82) is 10.8 Å². The second kappa shape index (κ2) is 63.9. The summed E-state index contributed by atoms with van der Waals surface area (Å²) in [5.41, 5.74) is 28.0. The minimum absolute atomic E-state index is 0.0154. The molecule has 16 atom stereocenters. The molecule has 20 amide bonds. The van der Waals surface area contributed by atoms with Gasteiger partial charge < -0.3 is 176 Å². The lowest BCUT2D eigenvalue weighted by molar-refractivity contribution is -0.143. The monoisotopic (exact) mass is 2020 g/mol. The van der Waals surface area contributed by atoms with E-state index in [-0.39, 0.29) is 73.3 Å². The Morgan fingerprint density at radius 3 is 1.00 bits per heavy atom. The molecule has 57 nitrogen and oxygen atoms in total. The number of nitrogens with one attached hydrogen (secondary N) is 22. The third-order valence-electron chi connectivity index (χ3n) is 19.8. The summed E-state index contributed by atoms with van der Waals surface area (Å²) in [6.07, 6.45) is -5.53. The number of benzene rings is 2. The predicted octanol–water partition coefficient (Wildman–Crippen LogP) is -16.1. The van der Waals surface area contributed by atoms with Crippen molar-refractivity contribution >= 4 is 167 Å². The number of aliphatic hydroxyl groups excluding tert-OH is 5. The van der Waals surface area contributed by atoms with Gasteiger partial charge in [-0.25, -0.2) is 4.79 Å². The first-order valence-corrected chi connectivity index (χ1v) is 44.6. The third-order valence-corrected chi connectivity index (χ3v) is 20.6. The van der Waals surface area contributed by atoms with E-state index >= 15 is 0 Å². The van der Waals surface area contributed by atoms with Crippen LogP contribution in [0.2, 0.25) is 0 Å². The highest BCUT2D eigenvalue weighted by Crippen LogP contribution is 2.15. The molecule has 2 rings (SSSR count). The normalized spacial score (nSPS) is 14.4. The number of aliphatic carboxylic acids is 2. The van der Waals surface area contributed by atoms with Gasteiger partial charge in [0.15, 0.2) is 11.9 Å². The zero-order valence-electron chi connectivity index (χ0n) is 76.7. The summed E-state index contributed by atoms with van der Waals surface area (Å²) >= 11 is 8.05. The number of guanidine groups is 2. The zero-order chi connectivity index (χ0) is 106. The highest BCUT2D eigenvalue weighted by Gasteiger charge is 2.40. The fourth-order valence-corrected chi connectivity index (χ4v) is 12.8. The number of carboxylic acid groups (broad SMARTS) is 2. The van der Waals surface area contributed by atoms with Gasteiger partial charge in [-0.1, -0.05) is 70.2 Å². The summed E-state index contributed by atoms with van der Waals surface area (Å²) in [7, 11) is 0. The standard InChI is InChI=1S/C81H127N27O30S2/c1-37(2)22-46(74(132)108-63(38(3)4)79(137)138)94-59(117)27-92-66(124)51(30-109)104-77(135)55(34-113)107-78(136)54(33-112)105-69(127)45(18-19-62(120)121)99-70(128)47(23-39-10-6-5-7-11-39)101-76(134)53(32-111)106-73(131)50(26-58(84)116)102-68(126)44(13-9-21-90-81(87)88)98-72(130)49(25-57(83)115)103-71(129)48(24-40-14-16-41(114)17-15-40)100-75(133)52(31-110)95-60(118)28-93-67(125)56(36-140)96-61(119)29-91-65(123)43(12-8-20-89-80(85)86)97-64(122)42(82)35-139/h5-7,10-11,14-17,37-38,42-56,63,109-114,139-140H,8-9,12-13,18-36,82H2,1-4H3,(H2,83,115)(H2,84,116)(H,91,123)(H,92,124)(H,93,125)(H,94,117)(H,95,118)(H,96,119)(H,97,122)(H,98,130)(H,99,128)(H,100,133)(H,101,134)(H,102,126)(H,103,129)(H,104,135)(H,105,127)(H,106,131)(H,107,136)(H,108,132)(H,120,121)(H,137,138)(H4,85,86,89)(H4,87,88,90)/t42-,43-,44-,45-,46-,47-,48-,49-,50-,51-,52-,53-,54-,55-,56-,63-/m0/s1. The van der Waals surface area contributed by atoms with E-state index in [4.69, 9.17) is 39.5 Å². The first kappa shape index (κ1) is 122. The van der Waals surface area contributed by atoms with Crippen LogP contribution in [0.1, 0.15) is 96.6 Å². The van der Waals surface area contributed by atoms with Gasteiger partial charge in [0.2, 0.25) is 118 Å². The minimum Gasteiger partial charge on any atom is -0.508 e. The van der Waals surface area contributed by atoms with Crippen LogP contribution in [0.3, 0.4) is 0 Å². The molecule has 2 aromatic rings. The molecule has 0 heterocycles. The number of thiol groups is 2. The molecule has 0 spiro atoms. The number of carbonyl (C=O) groups is 22. The number of carbonyl (C=O) groups excluding carboxylic acids is 20. The van der Waals surface area contributed by atoms with Gasteiger partial charge in [0.05, 0.1) is 71.6 Å². The maximum atomic E-state index is 14.5. The molecule has 2 aromatic carbocycles. The SMILES string of the molecule is CC(C)C[C@H](NC(=O)CNC(=O)[C@H](CO)NC(=O)[C@H](CO)NC(=O)[C@H](CO)NC(=O)[C@H](CCC(=O)O)NC(=O)[C@H](Cc1ccccc1)NC(=O)[C@H](CO)NC(=O)[C@H](CC(N)=O)NC(=O)[C@H](CCCNC(=N)N)NC(=O)[C@H](CC(N)=O)NC(=O)[C@H](Cc1ccc(O)cc1)NC(=O)[C@H](CO)NC(=O)CNC(=O)[C@H](CS)NC(=O)CNC(=O)[C@H](CCCNC(=N)N)NC(=O)[C@@H](N)CS)C(=O)N[C@H](C(=O)O)C(C)C. The maximum Gasteiger partial charge on any atom is 0.326 e. The van der Waals surface area contributed by atoms with E-state index in [0.29, 0.717) is 0 Å². The van der Waals surface area contributed by atoms with Crippen LogP contribution in [0.5, 0.6) is 5.75 Å². The molecule has 0 aliphatic heterocycles. The number of primary amides is 2. The highest BCUT2D eigenvalue weighted by molar-refractivity contribution is 7.80. The van der Waals surface area contributed by atoms with E-state index in [2.05, 4.69) is 116 Å². The number of aromatic hydroxyl groups is 1. The third kappa shape index (κ3) is 46.6. The second-order valence-corrected chi connectivity index (χ2v) is 32.8.